The molecule has 0 saturated heterocycles. The lowest BCUT2D eigenvalue weighted by molar-refractivity contribution is -0.120. The second kappa shape index (κ2) is 9.36. The van der Waals surface area contributed by atoms with Crippen LogP contribution in [0.3, 0.4) is 0 Å². The van der Waals surface area contributed by atoms with Gasteiger partial charge in [0.1, 0.15) is 11.5 Å². The van der Waals surface area contributed by atoms with Gasteiger partial charge < -0.3 is 14.8 Å². The highest BCUT2D eigenvalue weighted by Crippen LogP contribution is 2.25. The summed E-state index contributed by atoms with van der Waals surface area (Å²) in [4.78, 5) is 12.2. The number of hydrogen-bond acceptors (Lipinski definition) is 4. The van der Waals surface area contributed by atoms with E-state index < -0.39 is 0 Å². The zero-order valence-corrected chi connectivity index (χ0v) is 14.4. The summed E-state index contributed by atoms with van der Waals surface area (Å²) in [7, 11) is 3.24. The first-order valence-electron chi connectivity index (χ1n) is 7.89. The van der Waals surface area contributed by atoms with Gasteiger partial charge in [0.2, 0.25) is 5.91 Å². The Hall–Kier alpha value is -2.97. The number of amides is 1. The van der Waals surface area contributed by atoms with E-state index in [-0.39, 0.29) is 18.5 Å². The largest absolute Gasteiger partial charge is 0.497 e. The van der Waals surface area contributed by atoms with Crippen molar-refractivity contribution >= 4 is 5.91 Å². The third-order valence-corrected chi connectivity index (χ3v) is 3.72. The Morgan fingerprint density at radius 1 is 1.00 bits per heavy atom. The van der Waals surface area contributed by atoms with Crippen molar-refractivity contribution in [3.63, 3.8) is 0 Å². The molecule has 0 fully saturated rings. The van der Waals surface area contributed by atoms with Crippen LogP contribution in [0.25, 0.3) is 0 Å². The third kappa shape index (κ3) is 5.27. The Kier molecular flexibility index (Phi) is 6.87. The van der Waals surface area contributed by atoms with Gasteiger partial charge in [-0.3, -0.25) is 10.1 Å². The second-order valence-electron chi connectivity index (χ2n) is 5.35. The number of ether oxygens (including phenoxy) is 2. The van der Waals surface area contributed by atoms with Crippen LogP contribution < -0.4 is 20.1 Å². The summed E-state index contributed by atoms with van der Waals surface area (Å²) < 4.78 is 10.4. The van der Waals surface area contributed by atoms with Crippen LogP contribution in [0.5, 0.6) is 11.5 Å². The number of carbonyl (C=O) groups is 1. The van der Waals surface area contributed by atoms with E-state index in [1.165, 1.54) is 0 Å². The molecule has 0 spiro atoms. The minimum Gasteiger partial charge on any atom is -0.497 e. The molecule has 2 aromatic carbocycles. The molecule has 25 heavy (non-hydrogen) atoms. The number of benzene rings is 2. The Labute approximate surface area is 148 Å². The van der Waals surface area contributed by atoms with Crippen molar-refractivity contribution in [1.29, 1.82) is 0 Å². The molecule has 5 heteroatoms. The number of carbonyl (C=O) groups excluding carboxylic acids is 1. The number of methoxy groups -OCH3 is 2. The van der Waals surface area contributed by atoms with Gasteiger partial charge in [0, 0.05) is 0 Å². The lowest BCUT2D eigenvalue weighted by Gasteiger charge is -2.20. The topological polar surface area (TPSA) is 59.6 Å². The first-order valence-corrected chi connectivity index (χ1v) is 7.89. The van der Waals surface area contributed by atoms with Crippen LogP contribution in [0, 0.1) is 12.3 Å². The molecule has 0 radical (unpaired) electrons. The highest BCUT2D eigenvalue weighted by molar-refractivity contribution is 5.79. The summed E-state index contributed by atoms with van der Waals surface area (Å²) in [5.74, 6) is 3.84. The van der Waals surface area contributed by atoms with Crippen LogP contribution >= 0.6 is 0 Å². The van der Waals surface area contributed by atoms with Gasteiger partial charge in [-0.1, -0.05) is 30.2 Å². The van der Waals surface area contributed by atoms with Gasteiger partial charge in [-0.25, -0.2) is 0 Å². The third-order valence-electron chi connectivity index (χ3n) is 3.72. The van der Waals surface area contributed by atoms with Crippen LogP contribution in [0.15, 0.2) is 48.5 Å². The molecule has 0 aliphatic rings. The fourth-order valence-corrected chi connectivity index (χ4v) is 2.41. The molecule has 2 rings (SSSR count). The van der Waals surface area contributed by atoms with Gasteiger partial charge in [0.25, 0.3) is 0 Å². The van der Waals surface area contributed by atoms with Crippen molar-refractivity contribution in [3.05, 3.63) is 59.7 Å². The van der Waals surface area contributed by atoms with Gasteiger partial charge in [-0.05, 0) is 35.4 Å². The molecule has 0 bridgehead atoms. The number of terminal acetylenes is 1. The van der Waals surface area contributed by atoms with Crippen molar-refractivity contribution < 1.29 is 14.3 Å². The fourth-order valence-electron chi connectivity index (χ4n) is 2.41. The minimum absolute atomic E-state index is 0.133. The molecule has 0 aliphatic heterocycles. The highest BCUT2D eigenvalue weighted by Gasteiger charge is 2.17. The molecular formula is C20H22N2O3. The van der Waals surface area contributed by atoms with E-state index in [1.54, 1.807) is 14.2 Å². The van der Waals surface area contributed by atoms with Crippen molar-refractivity contribution in [2.45, 2.75) is 6.04 Å². The molecule has 0 saturated carbocycles. The number of nitrogens with one attached hydrogen (secondary N) is 2. The van der Waals surface area contributed by atoms with Gasteiger partial charge in [-0.15, -0.1) is 6.42 Å². The normalized spacial score (nSPS) is 10.2. The van der Waals surface area contributed by atoms with Crippen LogP contribution in [-0.4, -0.2) is 33.2 Å². The van der Waals surface area contributed by atoms with Crippen molar-refractivity contribution in [1.82, 2.24) is 10.6 Å². The molecule has 2 N–H and O–H groups in total. The zero-order valence-electron chi connectivity index (χ0n) is 14.4. The molecule has 130 valence electrons. The molecular weight excluding hydrogens is 316 g/mol. The molecule has 5 nitrogen and oxygen atoms in total. The summed E-state index contributed by atoms with van der Waals surface area (Å²) >= 11 is 0. The Balaban J connectivity index is 2.23. The predicted octanol–water partition coefficient (Wildman–Crippen LogP) is 2.13. The molecule has 2 aromatic rings. The second-order valence-corrected chi connectivity index (χ2v) is 5.35. The van der Waals surface area contributed by atoms with E-state index in [1.807, 2.05) is 48.5 Å². The first-order chi connectivity index (χ1) is 12.2. The van der Waals surface area contributed by atoms with E-state index in [0.29, 0.717) is 6.54 Å². The van der Waals surface area contributed by atoms with Crippen LogP contribution in [0.1, 0.15) is 17.2 Å². The van der Waals surface area contributed by atoms with Gasteiger partial charge in [0.05, 0.1) is 33.4 Å². The summed E-state index contributed by atoms with van der Waals surface area (Å²) in [6.07, 6.45) is 5.18. The van der Waals surface area contributed by atoms with Crippen LogP contribution in [0.2, 0.25) is 0 Å². The quantitative estimate of drug-likeness (QED) is 0.572. The lowest BCUT2D eigenvalue weighted by atomic mass is 9.98. The number of rotatable bonds is 8. The van der Waals surface area contributed by atoms with E-state index in [2.05, 4.69) is 16.6 Å². The maximum Gasteiger partial charge on any atom is 0.234 e. The fraction of sp³-hybridized carbons (Fsp3) is 0.250. The molecule has 0 aliphatic carbocycles. The molecule has 0 unspecified atom stereocenters. The van der Waals surface area contributed by atoms with E-state index in [4.69, 9.17) is 15.9 Å². The molecule has 0 atom stereocenters. The average molecular weight is 338 g/mol. The van der Waals surface area contributed by atoms with E-state index >= 15 is 0 Å². The maximum absolute atomic E-state index is 12.2. The Morgan fingerprint density at radius 3 is 1.88 bits per heavy atom. The smallest absolute Gasteiger partial charge is 0.234 e. The average Bonchev–Trinajstić information content (AvgIpc) is 2.66. The molecule has 0 aromatic heterocycles. The van der Waals surface area contributed by atoms with Gasteiger partial charge >= 0.3 is 0 Å². The Bertz CT molecular complexity index is 671. The van der Waals surface area contributed by atoms with Crippen molar-refractivity contribution in [3.8, 4) is 23.8 Å². The SMILES string of the molecule is C#CCNCC(=O)NC(c1ccc(OC)cc1)c1ccc(OC)cc1. The van der Waals surface area contributed by atoms with Crippen molar-refractivity contribution in [2.75, 3.05) is 27.3 Å². The standard InChI is InChI=1S/C20H22N2O3/c1-4-13-21-14-19(23)22-20(15-5-9-17(24-2)10-6-15)16-7-11-18(25-3)12-8-16/h1,5-12,20-21H,13-14H2,2-3H3,(H,22,23). The monoisotopic (exact) mass is 338 g/mol. The van der Waals surface area contributed by atoms with Gasteiger partial charge in [0.15, 0.2) is 0 Å². The lowest BCUT2D eigenvalue weighted by Crippen LogP contribution is -2.36. The summed E-state index contributed by atoms with van der Waals surface area (Å²) in [5.41, 5.74) is 1.91. The summed E-state index contributed by atoms with van der Waals surface area (Å²) in [6, 6.07) is 14.9. The van der Waals surface area contributed by atoms with Gasteiger partial charge in [-0.2, -0.15) is 0 Å². The summed E-state index contributed by atoms with van der Waals surface area (Å²) in [6.45, 7) is 0.510. The van der Waals surface area contributed by atoms with Crippen molar-refractivity contribution in [2.24, 2.45) is 0 Å². The first kappa shape index (κ1) is 18.4. The number of hydrogen-bond donors (Lipinski definition) is 2. The molecule has 0 heterocycles. The van der Waals surface area contributed by atoms with E-state index in [0.717, 1.165) is 22.6 Å². The highest BCUT2D eigenvalue weighted by atomic mass is 16.5. The van der Waals surface area contributed by atoms with Crippen LogP contribution in [0.4, 0.5) is 0 Å². The predicted molar refractivity (Wildman–Crippen MR) is 97.7 cm³/mol. The zero-order chi connectivity index (χ0) is 18.1. The molecule has 1 amide bonds. The maximum atomic E-state index is 12.2. The van der Waals surface area contributed by atoms with E-state index in [9.17, 15) is 4.79 Å². The van der Waals surface area contributed by atoms with Crippen LogP contribution in [-0.2, 0) is 4.79 Å². The Morgan fingerprint density at radius 2 is 1.48 bits per heavy atom. The minimum atomic E-state index is -0.281. The summed E-state index contributed by atoms with van der Waals surface area (Å²) in [5, 5.41) is 5.92.